The number of nitrogens with zero attached hydrogens (tertiary/aromatic N) is 2. The summed E-state index contributed by atoms with van der Waals surface area (Å²) >= 11 is 6.26. The van der Waals surface area contributed by atoms with Gasteiger partial charge in [0.25, 0.3) is 0 Å². The number of rotatable bonds is 3. The van der Waals surface area contributed by atoms with Crippen LogP contribution in [0.15, 0.2) is 18.2 Å². The Kier molecular flexibility index (Phi) is 3.91. The molecule has 0 spiro atoms. The fourth-order valence-electron chi connectivity index (χ4n) is 2.97. The molecule has 4 nitrogen and oxygen atoms in total. The van der Waals surface area contributed by atoms with Gasteiger partial charge in [-0.05, 0) is 43.4 Å². The second-order valence-corrected chi connectivity index (χ2v) is 5.96. The molecule has 1 heterocycles. The fourth-order valence-corrected chi connectivity index (χ4v) is 3.18. The van der Waals surface area contributed by atoms with Crippen molar-refractivity contribution in [2.75, 3.05) is 0 Å². The monoisotopic (exact) mass is 305 g/mol. The van der Waals surface area contributed by atoms with Gasteiger partial charge in [-0.2, -0.15) is 5.10 Å². The Hall–Kier alpha value is -1.52. The first-order valence-corrected chi connectivity index (χ1v) is 7.64. The number of aromatic nitrogens is 2. The molecule has 1 aliphatic carbocycles. The highest BCUT2D eigenvalue weighted by molar-refractivity contribution is 6.31. The van der Waals surface area contributed by atoms with E-state index in [4.69, 9.17) is 22.1 Å². The average molecular weight is 306 g/mol. The van der Waals surface area contributed by atoms with E-state index in [1.54, 1.807) is 4.68 Å². The van der Waals surface area contributed by atoms with Gasteiger partial charge in [0, 0.05) is 13.1 Å². The van der Waals surface area contributed by atoms with Crippen LogP contribution in [0, 0.1) is 6.92 Å². The van der Waals surface area contributed by atoms with Gasteiger partial charge in [-0.1, -0.05) is 23.7 Å². The largest absolute Gasteiger partial charge is 0.487 e. The number of hydrogen-bond donors (Lipinski definition) is 1. The van der Waals surface area contributed by atoms with Gasteiger partial charge in [0.2, 0.25) is 0 Å². The van der Waals surface area contributed by atoms with Crippen molar-refractivity contribution in [1.82, 2.24) is 9.78 Å². The SMILES string of the molecule is Cc1nn(C)c(COc2cccc3c2CCCC3N)c1Cl. The molecular formula is C16H20ClN3O. The third-order valence-electron chi connectivity index (χ3n) is 4.14. The summed E-state index contributed by atoms with van der Waals surface area (Å²) in [5.74, 6) is 0.914. The molecule has 5 heteroatoms. The van der Waals surface area contributed by atoms with E-state index in [-0.39, 0.29) is 6.04 Å². The lowest BCUT2D eigenvalue weighted by Crippen LogP contribution is -2.18. The predicted octanol–water partition coefficient (Wildman–Crippen LogP) is 3.30. The van der Waals surface area contributed by atoms with Crippen LogP contribution in [0.2, 0.25) is 5.02 Å². The summed E-state index contributed by atoms with van der Waals surface area (Å²) in [6.07, 6.45) is 3.18. The minimum atomic E-state index is 0.125. The van der Waals surface area contributed by atoms with E-state index in [0.717, 1.165) is 36.4 Å². The van der Waals surface area contributed by atoms with Crippen LogP contribution in [-0.2, 0) is 20.1 Å². The summed E-state index contributed by atoms with van der Waals surface area (Å²) in [6.45, 7) is 2.32. The quantitative estimate of drug-likeness (QED) is 0.946. The fraction of sp³-hybridized carbons (Fsp3) is 0.438. The molecule has 1 aromatic heterocycles. The van der Waals surface area contributed by atoms with Gasteiger partial charge in [-0.25, -0.2) is 0 Å². The van der Waals surface area contributed by atoms with Gasteiger partial charge >= 0.3 is 0 Å². The summed E-state index contributed by atoms with van der Waals surface area (Å²) in [5.41, 5.74) is 10.4. The lowest BCUT2D eigenvalue weighted by Gasteiger charge is -2.24. The van der Waals surface area contributed by atoms with E-state index in [2.05, 4.69) is 11.2 Å². The third-order valence-corrected chi connectivity index (χ3v) is 4.63. The van der Waals surface area contributed by atoms with Crippen LogP contribution in [0.1, 0.15) is 41.4 Å². The van der Waals surface area contributed by atoms with Crippen molar-refractivity contribution in [2.45, 2.75) is 38.8 Å². The predicted molar refractivity (Wildman–Crippen MR) is 83.6 cm³/mol. The van der Waals surface area contributed by atoms with Crippen molar-refractivity contribution in [3.8, 4) is 5.75 Å². The van der Waals surface area contributed by atoms with Gasteiger partial charge in [-0.15, -0.1) is 0 Å². The second kappa shape index (κ2) is 5.70. The zero-order chi connectivity index (χ0) is 15.0. The number of halogens is 1. The first-order chi connectivity index (χ1) is 10.1. The molecule has 21 heavy (non-hydrogen) atoms. The standard InChI is InChI=1S/C16H20ClN3O/c1-10-16(17)14(20(2)19-10)9-21-15-8-4-5-11-12(15)6-3-7-13(11)18/h4-5,8,13H,3,6-7,9,18H2,1-2H3. The van der Waals surface area contributed by atoms with Crippen LogP contribution < -0.4 is 10.5 Å². The van der Waals surface area contributed by atoms with Crippen molar-refractivity contribution in [3.63, 3.8) is 0 Å². The Morgan fingerprint density at radius 2 is 2.29 bits per heavy atom. The Balaban J connectivity index is 1.84. The zero-order valence-corrected chi connectivity index (χ0v) is 13.2. The number of aryl methyl sites for hydroxylation is 2. The summed E-state index contributed by atoms with van der Waals surface area (Å²) in [4.78, 5) is 0. The van der Waals surface area contributed by atoms with Crippen LogP contribution in [0.4, 0.5) is 0 Å². The number of hydrogen-bond acceptors (Lipinski definition) is 3. The Labute approximate surface area is 129 Å². The molecule has 0 bridgehead atoms. The highest BCUT2D eigenvalue weighted by atomic mass is 35.5. The number of fused-ring (bicyclic) bond motifs is 1. The first kappa shape index (κ1) is 14.4. The third kappa shape index (κ3) is 2.65. The molecule has 2 N–H and O–H groups in total. The number of nitrogens with two attached hydrogens (primary N) is 1. The van der Waals surface area contributed by atoms with E-state index >= 15 is 0 Å². The van der Waals surface area contributed by atoms with Crippen LogP contribution in [0.3, 0.4) is 0 Å². The molecule has 3 rings (SSSR count). The van der Waals surface area contributed by atoms with Crippen LogP contribution in [-0.4, -0.2) is 9.78 Å². The smallest absolute Gasteiger partial charge is 0.131 e. The molecule has 1 aromatic carbocycles. The molecule has 112 valence electrons. The first-order valence-electron chi connectivity index (χ1n) is 7.26. The summed E-state index contributed by atoms with van der Waals surface area (Å²) in [7, 11) is 1.88. The lowest BCUT2D eigenvalue weighted by atomic mass is 9.87. The maximum absolute atomic E-state index is 6.26. The van der Waals surface area contributed by atoms with E-state index in [1.165, 1.54) is 11.1 Å². The van der Waals surface area contributed by atoms with Gasteiger partial charge < -0.3 is 10.5 Å². The molecule has 1 aliphatic rings. The topological polar surface area (TPSA) is 53.1 Å². The van der Waals surface area contributed by atoms with Gasteiger partial charge in [0.05, 0.1) is 16.4 Å². The summed E-state index contributed by atoms with van der Waals surface area (Å²) < 4.78 is 7.79. The highest BCUT2D eigenvalue weighted by Gasteiger charge is 2.20. The van der Waals surface area contributed by atoms with Crippen molar-refractivity contribution < 1.29 is 4.74 Å². The molecule has 0 saturated carbocycles. The normalized spacial score (nSPS) is 17.6. The van der Waals surface area contributed by atoms with Gasteiger partial charge in [-0.3, -0.25) is 4.68 Å². The van der Waals surface area contributed by atoms with Crippen LogP contribution >= 0.6 is 11.6 Å². The maximum atomic E-state index is 6.26. The molecule has 0 fully saturated rings. The molecule has 0 saturated heterocycles. The Morgan fingerprint density at radius 3 is 3.00 bits per heavy atom. The van der Waals surface area contributed by atoms with E-state index < -0.39 is 0 Å². The van der Waals surface area contributed by atoms with Gasteiger partial charge in [0.1, 0.15) is 12.4 Å². The van der Waals surface area contributed by atoms with Crippen LogP contribution in [0.25, 0.3) is 0 Å². The minimum absolute atomic E-state index is 0.125. The van der Waals surface area contributed by atoms with Crippen molar-refractivity contribution in [3.05, 3.63) is 45.7 Å². The summed E-state index contributed by atoms with van der Waals surface area (Å²) in [5, 5.41) is 4.99. The number of benzene rings is 1. The maximum Gasteiger partial charge on any atom is 0.131 e. The molecule has 0 radical (unpaired) electrons. The van der Waals surface area contributed by atoms with Crippen molar-refractivity contribution in [1.29, 1.82) is 0 Å². The molecular weight excluding hydrogens is 286 g/mol. The number of ether oxygens (including phenoxy) is 1. The summed E-state index contributed by atoms with van der Waals surface area (Å²) in [6, 6.07) is 6.25. The molecule has 0 amide bonds. The molecule has 2 aromatic rings. The zero-order valence-electron chi connectivity index (χ0n) is 12.4. The van der Waals surface area contributed by atoms with E-state index in [9.17, 15) is 0 Å². The lowest BCUT2D eigenvalue weighted by molar-refractivity contribution is 0.290. The second-order valence-electron chi connectivity index (χ2n) is 5.58. The minimum Gasteiger partial charge on any atom is -0.487 e. The van der Waals surface area contributed by atoms with Crippen molar-refractivity contribution in [2.24, 2.45) is 12.8 Å². The molecule has 1 atom stereocenters. The Morgan fingerprint density at radius 1 is 1.48 bits per heavy atom. The van der Waals surface area contributed by atoms with Gasteiger partial charge in [0.15, 0.2) is 0 Å². The Bertz CT molecular complexity index is 666. The van der Waals surface area contributed by atoms with Crippen molar-refractivity contribution >= 4 is 11.6 Å². The van der Waals surface area contributed by atoms with E-state index in [0.29, 0.717) is 11.6 Å². The van der Waals surface area contributed by atoms with Crippen LogP contribution in [0.5, 0.6) is 5.75 Å². The average Bonchev–Trinajstić information content (AvgIpc) is 2.71. The van der Waals surface area contributed by atoms with E-state index in [1.807, 2.05) is 26.1 Å². The highest BCUT2D eigenvalue weighted by Crippen LogP contribution is 2.34. The molecule has 1 unspecified atom stereocenters. The molecule has 0 aliphatic heterocycles.